The fraction of sp³-hybridized carbons (Fsp3) is 0.355. The maximum Gasteiger partial charge on any atom is 0.264 e. The predicted octanol–water partition coefficient (Wildman–Crippen LogP) is 5.69. The van der Waals surface area contributed by atoms with Crippen LogP contribution in [0.25, 0.3) is 0 Å². The minimum absolute atomic E-state index is 0.0690. The van der Waals surface area contributed by atoms with E-state index < -0.39 is 28.5 Å². The number of anilines is 1. The van der Waals surface area contributed by atoms with Gasteiger partial charge in [0.05, 0.1) is 17.7 Å². The average Bonchev–Trinajstić information content (AvgIpc) is 2.96. The summed E-state index contributed by atoms with van der Waals surface area (Å²) in [4.78, 5) is 29.0. The van der Waals surface area contributed by atoms with Gasteiger partial charge in [-0.25, -0.2) is 8.42 Å². The van der Waals surface area contributed by atoms with Crippen molar-refractivity contribution in [3.8, 4) is 5.75 Å². The van der Waals surface area contributed by atoms with Gasteiger partial charge in [-0.3, -0.25) is 13.9 Å². The number of rotatable bonds is 14. The van der Waals surface area contributed by atoms with Gasteiger partial charge in [-0.2, -0.15) is 0 Å². The lowest BCUT2D eigenvalue weighted by molar-refractivity contribution is -0.140. The van der Waals surface area contributed by atoms with Crippen LogP contribution in [0, 0.1) is 6.92 Å². The minimum atomic E-state index is -4.13. The number of sulfonamides is 1. The second-order valence-electron chi connectivity index (χ2n) is 9.75. The number of benzene rings is 3. The molecule has 0 bridgehead atoms. The number of carbonyl (C=O) groups excluding carboxylic acids is 2. The van der Waals surface area contributed by atoms with E-state index in [0.29, 0.717) is 28.9 Å². The van der Waals surface area contributed by atoms with Crippen LogP contribution in [-0.4, -0.2) is 51.4 Å². The number of aryl methyl sites for hydroxylation is 1. The monoisotopic (exact) mass is 643 g/mol. The fourth-order valence-electron chi connectivity index (χ4n) is 4.39. The smallest absolute Gasteiger partial charge is 0.264 e. The third-order valence-electron chi connectivity index (χ3n) is 6.69. The van der Waals surface area contributed by atoms with E-state index in [4.69, 9.17) is 4.74 Å². The van der Waals surface area contributed by atoms with Crippen molar-refractivity contribution in [3.05, 3.63) is 88.4 Å². The van der Waals surface area contributed by atoms with Crippen molar-refractivity contribution in [2.45, 2.75) is 57.5 Å². The summed E-state index contributed by atoms with van der Waals surface area (Å²) in [5.41, 5.74) is 2.00. The molecule has 0 heterocycles. The lowest BCUT2D eigenvalue weighted by Crippen LogP contribution is -2.52. The molecule has 0 aliphatic heterocycles. The number of halogens is 1. The maximum atomic E-state index is 14.1. The number of hydrogen-bond acceptors (Lipinski definition) is 5. The molecule has 3 aromatic rings. The van der Waals surface area contributed by atoms with E-state index in [9.17, 15) is 18.0 Å². The normalized spacial score (nSPS) is 11.9. The van der Waals surface area contributed by atoms with Gasteiger partial charge in [0.2, 0.25) is 11.8 Å². The summed E-state index contributed by atoms with van der Waals surface area (Å²) in [7, 11) is -2.57. The Balaban J connectivity index is 2.04. The molecule has 10 heteroatoms. The van der Waals surface area contributed by atoms with E-state index in [1.165, 1.54) is 17.0 Å². The van der Waals surface area contributed by atoms with Crippen molar-refractivity contribution in [1.29, 1.82) is 0 Å². The van der Waals surface area contributed by atoms with E-state index in [-0.39, 0.29) is 17.3 Å². The number of nitrogens with zero attached hydrogens (tertiary/aromatic N) is 2. The third kappa shape index (κ3) is 8.56. The van der Waals surface area contributed by atoms with Crippen LogP contribution in [0.4, 0.5) is 5.69 Å². The summed E-state index contributed by atoms with van der Waals surface area (Å²) >= 11 is 3.42. The van der Waals surface area contributed by atoms with Gasteiger partial charge in [0.25, 0.3) is 10.0 Å². The van der Waals surface area contributed by atoms with Crippen LogP contribution >= 0.6 is 15.9 Å². The van der Waals surface area contributed by atoms with Crippen LogP contribution in [0.1, 0.15) is 44.2 Å². The molecule has 0 radical (unpaired) electrons. The van der Waals surface area contributed by atoms with Gasteiger partial charge in [0.1, 0.15) is 18.3 Å². The molecule has 3 aromatic carbocycles. The van der Waals surface area contributed by atoms with E-state index in [2.05, 4.69) is 21.2 Å². The highest BCUT2D eigenvalue weighted by Crippen LogP contribution is 2.27. The first-order chi connectivity index (χ1) is 19.6. The zero-order chi connectivity index (χ0) is 30.0. The van der Waals surface area contributed by atoms with Crippen LogP contribution in [0.3, 0.4) is 0 Å². The van der Waals surface area contributed by atoms with Crippen LogP contribution in [0.5, 0.6) is 5.75 Å². The molecular weight excluding hydrogens is 606 g/mol. The van der Waals surface area contributed by atoms with E-state index in [1.54, 1.807) is 55.6 Å². The Morgan fingerprint density at radius 1 is 1.00 bits per heavy atom. The highest BCUT2D eigenvalue weighted by atomic mass is 79.9. The van der Waals surface area contributed by atoms with Crippen molar-refractivity contribution in [2.24, 2.45) is 0 Å². The van der Waals surface area contributed by atoms with Gasteiger partial charge in [0, 0.05) is 17.6 Å². The molecule has 1 atom stereocenters. The molecule has 3 rings (SSSR count). The summed E-state index contributed by atoms with van der Waals surface area (Å²) < 4.78 is 35.0. The largest absolute Gasteiger partial charge is 0.497 e. The lowest BCUT2D eigenvalue weighted by Gasteiger charge is -2.33. The second-order valence-corrected chi connectivity index (χ2v) is 12.5. The topological polar surface area (TPSA) is 96.0 Å². The molecular formula is C31H38BrN3O5S. The minimum Gasteiger partial charge on any atom is -0.497 e. The van der Waals surface area contributed by atoms with Crippen molar-refractivity contribution >= 4 is 43.5 Å². The molecule has 0 spiro atoms. The summed E-state index contributed by atoms with van der Waals surface area (Å²) in [5, 5.41) is 2.94. The number of ether oxygens (including phenoxy) is 1. The zero-order valence-electron chi connectivity index (χ0n) is 24.0. The van der Waals surface area contributed by atoms with E-state index in [0.717, 1.165) is 28.3 Å². The van der Waals surface area contributed by atoms with Gasteiger partial charge >= 0.3 is 0 Å². The van der Waals surface area contributed by atoms with Crippen LogP contribution in [0.2, 0.25) is 0 Å². The Morgan fingerprint density at radius 2 is 1.71 bits per heavy atom. The molecule has 1 N–H and O–H groups in total. The third-order valence-corrected chi connectivity index (χ3v) is 8.97. The predicted molar refractivity (Wildman–Crippen MR) is 165 cm³/mol. The van der Waals surface area contributed by atoms with E-state index in [1.807, 2.05) is 32.9 Å². The van der Waals surface area contributed by atoms with Gasteiger partial charge in [-0.05, 0) is 67.8 Å². The first-order valence-electron chi connectivity index (χ1n) is 13.7. The molecule has 2 amide bonds. The van der Waals surface area contributed by atoms with Crippen molar-refractivity contribution in [3.63, 3.8) is 0 Å². The summed E-state index contributed by atoms with van der Waals surface area (Å²) in [6.45, 7) is 5.86. The summed E-state index contributed by atoms with van der Waals surface area (Å²) in [6.07, 6.45) is 2.09. The van der Waals surface area contributed by atoms with Gasteiger partial charge in [-0.15, -0.1) is 0 Å². The molecule has 0 aliphatic rings. The van der Waals surface area contributed by atoms with Crippen molar-refractivity contribution in [2.75, 3.05) is 24.5 Å². The zero-order valence-corrected chi connectivity index (χ0v) is 26.4. The van der Waals surface area contributed by atoms with Crippen LogP contribution < -0.4 is 14.4 Å². The molecule has 41 heavy (non-hydrogen) atoms. The Labute approximate surface area is 251 Å². The lowest BCUT2D eigenvalue weighted by atomic mass is 10.1. The Bertz CT molecular complexity index is 1430. The van der Waals surface area contributed by atoms with Crippen LogP contribution in [0.15, 0.2) is 82.2 Å². The van der Waals surface area contributed by atoms with Gasteiger partial charge in [0.15, 0.2) is 0 Å². The first-order valence-corrected chi connectivity index (χ1v) is 15.9. The Kier molecular flexibility index (Phi) is 11.8. The highest BCUT2D eigenvalue weighted by molar-refractivity contribution is 9.10. The summed E-state index contributed by atoms with van der Waals surface area (Å²) in [5.74, 6) is -0.151. The molecule has 0 aliphatic carbocycles. The highest BCUT2D eigenvalue weighted by Gasteiger charge is 2.33. The molecule has 0 aromatic heterocycles. The fourth-order valence-corrected chi connectivity index (χ4v) is 6.18. The number of nitrogens with one attached hydrogen (secondary N) is 1. The average molecular weight is 645 g/mol. The molecule has 220 valence electrons. The Morgan fingerprint density at radius 3 is 2.34 bits per heavy atom. The van der Waals surface area contributed by atoms with Crippen molar-refractivity contribution in [1.82, 2.24) is 10.2 Å². The van der Waals surface area contributed by atoms with Crippen molar-refractivity contribution < 1.29 is 22.7 Å². The molecule has 8 nitrogen and oxygen atoms in total. The molecule has 0 saturated heterocycles. The number of hydrogen-bond donors (Lipinski definition) is 1. The van der Waals surface area contributed by atoms with E-state index >= 15 is 0 Å². The SMILES string of the molecule is CCCCNC(=O)[C@@H](CC)N(Cc1cccc(OC)c1)C(=O)CN(c1cccc(Br)c1)S(=O)(=O)c1ccc(C)cc1. The quantitative estimate of drug-likeness (QED) is 0.228. The first kappa shape index (κ1) is 32.1. The second kappa shape index (κ2) is 15.0. The molecule has 0 saturated carbocycles. The summed E-state index contributed by atoms with van der Waals surface area (Å²) in [6, 6.07) is 19.8. The number of amides is 2. The maximum absolute atomic E-state index is 14.1. The van der Waals surface area contributed by atoms with Gasteiger partial charge in [-0.1, -0.05) is 72.1 Å². The number of methoxy groups -OCH3 is 1. The van der Waals surface area contributed by atoms with Gasteiger partial charge < -0.3 is 15.0 Å². The molecule has 0 unspecified atom stereocenters. The number of unbranched alkanes of at least 4 members (excludes halogenated alkanes) is 1. The standard InChI is InChI=1S/C31H38BrN3O5S/c1-5-7-18-33-31(37)29(6-2)34(21-24-10-8-13-27(19-24)40-4)30(36)22-35(26-12-9-11-25(32)20-26)41(38,39)28-16-14-23(3)15-17-28/h8-17,19-20,29H,5-7,18,21-22H2,1-4H3,(H,33,37)/t29-/m1/s1. The van der Waals surface area contributed by atoms with Crippen LogP contribution in [-0.2, 0) is 26.2 Å². The Hall–Kier alpha value is -3.37. The number of carbonyl (C=O) groups is 2. The molecule has 0 fully saturated rings.